The fraction of sp³-hybridized carbons (Fsp3) is 1.00. The first-order chi connectivity index (χ1) is 4.61. The second-order valence-electron chi connectivity index (χ2n) is 2.46. The van der Waals surface area contributed by atoms with Crippen LogP contribution in [-0.2, 0) is 9.47 Å². The van der Waals surface area contributed by atoms with Gasteiger partial charge in [0.15, 0.2) is 0 Å². The van der Waals surface area contributed by atoms with E-state index in [2.05, 4.69) is 0 Å². The summed E-state index contributed by atoms with van der Waals surface area (Å²) in [6, 6.07) is 0. The molecule has 0 aliphatic carbocycles. The molecule has 0 radical (unpaired) electrons. The predicted octanol–water partition coefficient (Wildman–Crippen LogP) is -0.553. The molecule has 1 heterocycles. The van der Waals surface area contributed by atoms with Crippen molar-refractivity contribution in [1.29, 1.82) is 0 Å². The maximum atomic E-state index is 8.87. The minimum absolute atomic E-state index is 0.168. The lowest BCUT2D eigenvalue weighted by Gasteiger charge is -2.33. The van der Waals surface area contributed by atoms with Gasteiger partial charge in [0.05, 0.1) is 12.2 Å². The van der Waals surface area contributed by atoms with Crippen LogP contribution in [0.4, 0.5) is 0 Å². The summed E-state index contributed by atoms with van der Waals surface area (Å²) in [7, 11) is 0. The number of aliphatic hydroxyl groups is 2. The van der Waals surface area contributed by atoms with Gasteiger partial charge < -0.3 is 19.7 Å². The predicted molar refractivity (Wildman–Crippen MR) is 33.1 cm³/mol. The number of hydrogen-bond donors (Lipinski definition) is 2. The number of aliphatic hydroxyl groups excluding tert-OH is 2. The van der Waals surface area contributed by atoms with E-state index in [1.807, 2.05) is 0 Å². The molecule has 2 N–H and O–H groups in total. The second kappa shape index (κ2) is 2.84. The largest absolute Gasteiger partial charge is 0.364 e. The van der Waals surface area contributed by atoms with Gasteiger partial charge in [0.1, 0.15) is 0 Å². The van der Waals surface area contributed by atoms with E-state index < -0.39 is 12.6 Å². The average molecular weight is 148 g/mol. The summed E-state index contributed by atoms with van der Waals surface area (Å²) in [5.41, 5.74) is 0. The molecule has 0 amide bonds. The lowest BCUT2D eigenvalue weighted by molar-refractivity contribution is -0.332. The number of hydrogen-bond acceptors (Lipinski definition) is 4. The standard InChI is InChI=1S/C6H12O4/c1-3-4(2)10-6(8)5(7)9-3/h3-8H,1-2H3. The van der Waals surface area contributed by atoms with E-state index in [-0.39, 0.29) is 12.2 Å². The van der Waals surface area contributed by atoms with Crippen LogP contribution < -0.4 is 0 Å². The van der Waals surface area contributed by atoms with E-state index in [4.69, 9.17) is 19.7 Å². The van der Waals surface area contributed by atoms with E-state index in [0.29, 0.717) is 0 Å². The Morgan fingerprint density at radius 2 is 1.20 bits per heavy atom. The summed E-state index contributed by atoms with van der Waals surface area (Å²) >= 11 is 0. The molecule has 1 rings (SSSR count). The van der Waals surface area contributed by atoms with Crippen LogP contribution in [-0.4, -0.2) is 35.0 Å². The van der Waals surface area contributed by atoms with Crippen molar-refractivity contribution in [2.75, 3.05) is 0 Å². The summed E-state index contributed by atoms with van der Waals surface area (Å²) in [6.07, 6.45) is -2.74. The summed E-state index contributed by atoms with van der Waals surface area (Å²) in [5.74, 6) is 0. The minimum atomic E-state index is -1.20. The van der Waals surface area contributed by atoms with Crippen molar-refractivity contribution in [3.8, 4) is 0 Å². The highest BCUT2D eigenvalue weighted by atomic mass is 16.7. The molecule has 1 aliphatic heterocycles. The Morgan fingerprint density at radius 3 is 1.50 bits per heavy atom. The monoisotopic (exact) mass is 148 g/mol. The highest BCUT2D eigenvalue weighted by Gasteiger charge is 2.31. The first-order valence-corrected chi connectivity index (χ1v) is 3.28. The summed E-state index contributed by atoms with van der Waals surface area (Å²) < 4.78 is 9.78. The van der Waals surface area contributed by atoms with E-state index >= 15 is 0 Å². The third kappa shape index (κ3) is 1.46. The molecule has 1 saturated heterocycles. The van der Waals surface area contributed by atoms with Crippen LogP contribution in [0.25, 0.3) is 0 Å². The zero-order valence-corrected chi connectivity index (χ0v) is 6.02. The van der Waals surface area contributed by atoms with Gasteiger partial charge in [-0.05, 0) is 13.8 Å². The molecule has 0 bridgehead atoms. The Bertz CT molecular complexity index is 90.3. The van der Waals surface area contributed by atoms with Crippen molar-refractivity contribution in [2.45, 2.75) is 38.6 Å². The second-order valence-corrected chi connectivity index (χ2v) is 2.46. The maximum absolute atomic E-state index is 8.87. The van der Waals surface area contributed by atoms with E-state index in [1.165, 1.54) is 0 Å². The van der Waals surface area contributed by atoms with Gasteiger partial charge in [-0.1, -0.05) is 0 Å². The average Bonchev–Trinajstić information content (AvgIpc) is 1.84. The zero-order chi connectivity index (χ0) is 7.72. The highest BCUT2D eigenvalue weighted by Crippen LogP contribution is 2.16. The molecule has 0 aromatic heterocycles. The van der Waals surface area contributed by atoms with Crippen molar-refractivity contribution in [2.24, 2.45) is 0 Å². The smallest absolute Gasteiger partial charge is 0.207 e. The molecule has 4 atom stereocenters. The first kappa shape index (κ1) is 7.94. The maximum Gasteiger partial charge on any atom is 0.207 e. The minimum Gasteiger partial charge on any atom is -0.364 e. The molecular weight excluding hydrogens is 136 g/mol. The first-order valence-electron chi connectivity index (χ1n) is 3.28. The number of ether oxygens (including phenoxy) is 2. The van der Waals surface area contributed by atoms with E-state index in [0.717, 1.165) is 0 Å². The topological polar surface area (TPSA) is 58.9 Å². The zero-order valence-electron chi connectivity index (χ0n) is 6.02. The van der Waals surface area contributed by atoms with Crippen molar-refractivity contribution < 1.29 is 19.7 Å². The van der Waals surface area contributed by atoms with Crippen LogP contribution in [0.2, 0.25) is 0 Å². The summed E-state index contributed by atoms with van der Waals surface area (Å²) in [5, 5.41) is 17.7. The molecule has 4 unspecified atom stereocenters. The quantitative estimate of drug-likeness (QED) is 0.483. The van der Waals surface area contributed by atoms with Gasteiger partial charge in [-0.3, -0.25) is 0 Å². The summed E-state index contributed by atoms with van der Waals surface area (Å²) in [4.78, 5) is 0. The van der Waals surface area contributed by atoms with Gasteiger partial charge in [-0.15, -0.1) is 0 Å². The lowest BCUT2D eigenvalue weighted by Crippen LogP contribution is -2.46. The Hall–Kier alpha value is -0.160. The van der Waals surface area contributed by atoms with Crippen molar-refractivity contribution in [1.82, 2.24) is 0 Å². The molecule has 10 heavy (non-hydrogen) atoms. The molecule has 0 aromatic carbocycles. The third-order valence-electron chi connectivity index (χ3n) is 1.61. The Morgan fingerprint density at radius 1 is 0.900 bits per heavy atom. The Balaban J connectivity index is 2.46. The van der Waals surface area contributed by atoms with E-state index in [1.54, 1.807) is 13.8 Å². The highest BCUT2D eigenvalue weighted by molar-refractivity contribution is 4.67. The van der Waals surface area contributed by atoms with Crippen molar-refractivity contribution >= 4 is 0 Å². The molecular formula is C6H12O4. The Kier molecular flexibility index (Phi) is 2.25. The van der Waals surface area contributed by atoms with Crippen LogP contribution in [0.3, 0.4) is 0 Å². The molecule has 0 aromatic rings. The SMILES string of the molecule is CC1OC(O)C(O)OC1C. The molecule has 60 valence electrons. The fourth-order valence-corrected chi connectivity index (χ4v) is 0.796. The Labute approximate surface area is 59.4 Å². The van der Waals surface area contributed by atoms with Crippen LogP contribution >= 0.6 is 0 Å². The number of rotatable bonds is 0. The van der Waals surface area contributed by atoms with Gasteiger partial charge in [0, 0.05) is 0 Å². The normalized spacial score (nSPS) is 49.2. The van der Waals surface area contributed by atoms with Gasteiger partial charge >= 0.3 is 0 Å². The van der Waals surface area contributed by atoms with E-state index in [9.17, 15) is 0 Å². The third-order valence-corrected chi connectivity index (χ3v) is 1.61. The molecule has 0 spiro atoms. The van der Waals surface area contributed by atoms with Crippen molar-refractivity contribution in [3.05, 3.63) is 0 Å². The van der Waals surface area contributed by atoms with Crippen LogP contribution in [0, 0.1) is 0 Å². The van der Waals surface area contributed by atoms with Crippen LogP contribution in [0.1, 0.15) is 13.8 Å². The van der Waals surface area contributed by atoms with Gasteiger partial charge in [-0.2, -0.15) is 0 Å². The van der Waals surface area contributed by atoms with Crippen molar-refractivity contribution in [3.63, 3.8) is 0 Å². The molecule has 4 nitrogen and oxygen atoms in total. The molecule has 1 fully saturated rings. The van der Waals surface area contributed by atoms with Gasteiger partial charge in [-0.25, -0.2) is 0 Å². The van der Waals surface area contributed by atoms with Gasteiger partial charge in [0.25, 0.3) is 0 Å². The van der Waals surface area contributed by atoms with Crippen LogP contribution in [0.15, 0.2) is 0 Å². The molecule has 4 heteroatoms. The lowest BCUT2D eigenvalue weighted by atomic mass is 10.2. The fourth-order valence-electron chi connectivity index (χ4n) is 0.796. The summed E-state index contributed by atoms with van der Waals surface area (Å²) in [6.45, 7) is 3.56. The molecule has 0 saturated carbocycles. The van der Waals surface area contributed by atoms with Gasteiger partial charge in [0.2, 0.25) is 12.6 Å². The molecule has 1 aliphatic rings. The van der Waals surface area contributed by atoms with Crippen LogP contribution in [0.5, 0.6) is 0 Å².